The van der Waals surface area contributed by atoms with Crippen LogP contribution in [0.5, 0.6) is 0 Å². The van der Waals surface area contributed by atoms with Gasteiger partial charge in [-0.1, -0.05) is 26.7 Å². The van der Waals surface area contributed by atoms with Crippen LogP contribution in [0.25, 0.3) is 0 Å². The minimum Gasteiger partial charge on any atom is -0.392 e. The molecule has 0 bridgehead atoms. The molecule has 7 heteroatoms. The molecule has 0 spiro atoms. The summed E-state index contributed by atoms with van der Waals surface area (Å²) in [6, 6.07) is 0. The molecule has 1 saturated carbocycles. The van der Waals surface area contributed by atoms with Gasteiger partial charge in [-0.05, 0) is 26.2 Å². The highest BCUT2D eigenvalue weighted by Gasteiger charge is 2.35. The van der Waals surface area contributed by atoms with Crippen molar-refractivity contribution in [2.45, 2.75) is 65.4 Å². The highest BCUT2D eigenvalue weighted by atomic mass is 127. The number of hydrogen-bond donors (Lipinski definition) is 3. The zero-order valence-electron chi connectivity index (χ0n) is 15.7. The number of thiazole rings is 1. The van der Waals surface area contributed by atoms with E-state index in [1.54, 1.807) is 11.3 Å². The van der Waals surface area contributed by atoms with E-state index in [2.05, 4.69) is 36.4 Å². The number of rotatable bonds is 7. The first kappa shape index (κ1) is 22.6. The van der Waals surface area contributed by atoms with E-state index in [1.807, 2.05) is 6.20 Å². The minimum absolute atomic E-state index is 0. The summed E-state index contributed by atoms with van der Waals surface area (Å²) >= 11 is 1.79. The summed E-state index contributed by atoms with van der Waals surface area (Å²) in [5.74, 6) is 0.837. The van der Waals surface area contributed by atoms with E-state index in [1.165, 1.54) is 16.3 Å². The molecule has 1 aromatic heterocycles. The SMILES string of the molecule is CCNC(=NCC1(C)CCCCC1O)NCCc1ncc(CC)s1.I. The molecule has 0 amide bonds. The predicted molar refractivity (Wildman–Crippen MR) is 117 cm³/mol. The molecule has 3 N–H and O–H groups in total. The van der Waals surface area contributed by atoms with Gasteiger partial charge in [0.2, 0.25) is 0 Å². The van der Waals surface area contributed by atoms with Crippen LogP contribution >= 0.6 is 35.3 Å². The molecule has 1 fully saturated rings. The molecule has 0 aliphatic heterocycles. The Bertz CT molecular complexity index is 537. The maximum Gasteiger partial charge on any atom is 0.191 e. The molecule has 0 saturated heterocycles. The maximum atomic E-state index is 10.3. The molecule has 1 aromatic rings. The second-order valence-electron chi connectivity index (χ2n) is 6.86. The van der Waals surface area contributed by atoms with E-state index >= 15 is 0 Å². The molecule has 0 aromatic carbocycles. The van der Waals surface area contributed by atoms with Gasteiger partial charge in [0.1, 0.15) is 0 Å². The number of guanidine groups is 1. The number of aliphatic hydroxyl groups is 1. The van der Waals surface area contributed by atoms with Crippen molar-refractivity contribution in [1.29, 1.82) is 0 Å². The molecule has 144 valence electrons. The number of halogens is 1. The van der Waals surface area contributed by atoms with Gasteiger partial charge >= 0.3 is 0 Å². The number of aryl methyl sites for hydroxylation is 1. The van der Waals surface area contributed by atoms with Crippen molar-refractivity contribution in [3.05, 3.63) is 16.1 Å². The third-order valence-electron chi connectivity index (χ3n) is 4.80. The molecule has 0 radical (unpaired) electrons. The van der Waals surface area contributed by atoms with E-state index in [-0.39, 0.29) is 35.5 Å². The van der Waals surface area contributed by atoms with E-state index in [9.17, 15) is 5.11 Å². The first-order valence-electron chi connectivity index (χ1n) is 9.21. The van der Waals surface area contributed by atoms with Crippen LogP contribution in [0.2, 0.25) is 0 Å². The lowest BCUT2D eigenvalue weighted by Gasteiger charge is -2.37. The van der Waals surface area contributed by atoms with Crippen molar-refractivity contribution < 1.29 is 5.11 Å². The van der Waals surface area contributed by atoms with Gasteiger partial charge in [0.15, 0.2) is 5.96 Å². The molecule has 2 atom stereocenters. The summed E-state index contributed by atoms with van der Waals surface area (Å²) in [6.45, 7) is 8.71. The molecule has 2 unspecified atom stereocenters. The Morgan fingerprint density at radius 2 is 2.20 bits per heavy atom. The van der Waals surface area contributed by atoms with Crippen molar-refractivity contribution in [2.24, 2.45) is 10.4 Å². The van der Waals surface area contributed by atoms with Crippen LogP contribution in [-0.4, -0.2) is 41.8 Å². The highest BCUT2D eigenvalue weighted by Crippen LogP contribution is 2.36. The predicted octanol–water partition coefficient (Wildman–Crippen LogP) is 3.36. The van der Waals surface area contributed by atoms with Gasteiger partial charge in [0.05, 0.1) is 17.7 Å². The van der Waals surface area contributed by atoms with E-state index in [0.717, 1.165) is 51.2 Å². The number of aliphatic hydroxyl groups excluding tert-OH is 1. The summed E-state index contributed by atoms with van der Waals surface area (Å²) in [7, 11) is 0. The summed E-state index contributed by atoms with van der Waals surface area (Å²) < 4.78 is 0. The third kappa shape index (κ3) is 7.02. The quantitative estimate of drug-likeness (QED) is 0.318. The van der Waals surface area contributed by atoms with E-state index < -0.39 is 0 Å². The number of hydrogen-bond acceptors (Lipinski definition) is 4. The second kappa shape index (κ2) is 11.3. The molecule has 1 aliphatic rings. The summed E-state index contributed by atoms with van der Waals surface area (Å²) in [6.07, 6.45) is 7.98. The molecular formula is C18H33IN4OS. The fourth-order valence-electron chi connectivity index (χ4n) is 3.08. The number of nitrogens with one attached hydrogen (secondary N) is 2. The maximum absolute atomic E-state index is 10.3. The molecule has 25 heavy (non-hydrogen) atoms. The van der Waals surface area contributed by atoms with E-state index in [4.69, 9.17) is 4.99 Å². The highest BCUT2D eigenvalue weighted by molar-refractivity contribution is 14.0. The summed E-state index contributed by atoms with van der Waals surface area (Å²) in [4.78, 5) is 10.5. The van der Waals surface area contributed by atoms with Crippen LogP contribution < -0.4 is 10.6 Å². The van der Waals surface area contributed by atoms with Crippen LogP contribution in [0.3, 0.4) is 0 Å². The Hall–Kier alpha value is -0.410. The minimum atomic E-state index is -0.235. The first-order valence-corrected chi connectivity index (χ1v) is 10.0. The Kier molecular flexibility index (Phi) is 10.3. The number of nitrogens with zero attached hydrogens (tertiary/aromatic N) is 2. The van der Waals surface area contributed by atoms with Gasteiger partial charge in [0, 0.05) is 36.0 Å². The standard InChI is InChI=1S/C18H32N4OS.HI/c1-4-14-12-21-16(24-14)9-11-20-17(19-5-2)22-13-18(3)10-7-6-8-15(18)23;/h12,15,23H,4-11,13H2,1-3H3,(H2,19,20,22);1H. The zero-order chi connectivity index (χ0) is 17.4. The molecule has 1 heterocycles. The number of aliphatic imine (C=N–C) groups is 1. The summed E-state index contributed by atoms with van der Waals surface area (Å²) in [5, 5.41) is 18.2. The van der Waals surface area contributed by atoms with Crippen LogP contribution in [0.15, 0.2) is 11.2 Å². The Labute approximate surface area is 173 Å². The Morgan fingerprint density at radius 1 is 1.40 bits per heavy atom. The van der Waals surface area contributed by atoms with Crippen LogP contribution in [0.1, 0.15) is 56.3 Å². The monoisotopic (exact) mass is 480 g/mol. The van der Waals surface area contributed by atoms with Crippen LogP contribution in [0.4, 0.5) is 0 Å². The number of aromatic nitrogens is 1. The first-order chi connectivity index (χ1) is 11.6. The topological polar surface area (TPSA) is 69.5 Å². The lowest BCUT2D eigenvalue weighted by atomic mass is 9.73. The van der Waals surface area contributed by atoms with Gasteiger partial charge in [0.25, 0.3) is 0 Å². The van der Waals surface area contributed by atoms with Gasteiger partial charge in [-0.25, -0.2) is 4.98 Å². The summed E-state index contributed by atoms with van der Waals surface area (Å²) in [5.41, 5.74) is -0.0913. The lowest BCUT2D eigenvalue weighted by molar-refractivity contribution is 0.00716. The lowest BCUT2D eigenvalue weighted by Crippen LogP contribution is -2.42. The van der Waals surface area contributed by atoms with Crippen molar-refractivity contribution >= 4 is 41.3 Å². The van der Waals surface area contributed by atoms with Crippen molar-refractivity contribution in [3.8, 4) is 0 Å². The smallest absolute Gasteiger partial charge is 0.191 e. The molecule has 2 rings (SSSR count). The van der Waals surface area contributed by atoms with Crippen molar-refractivity contribution in [3.63, 3.8) is 0 Å². The molecular weight excluding hydrogens is 447 g/mol. The normalized spacial score (nSPS) is 23.8. The van der Waals surface area contributed by atoms with Crippen LogP contribution in [0, 0.1) is 5.41 Å². The van der Waals surface area contributed by atoms with Crippen molar-refractivity contribution in [1.82, 2.24) is 15.6 Å². The van der Waals surface area contributed by atoms with Crippen molar-refractivity contribution in [2.75, 3.05) is 19.6 Å². The van der Waals surface area contributed by atoms with Gasteiger partial charge in [-0.15, -0.1) is 35.3 Å². The fraction of sp³-hybridized carbons (Fsp3) is 0.778. The Balaban J connectivity index is 0.00000312. The largest absolute Gasteiger partial charge is 0.392 e. The average Bonchev–Trinajstić information content (AvgIpc) is 3.04. The zero-order valence-corrected chi connectivity index (χ0v) is 18.8. The van der Waals surface area contributed by atoms with Gasteiger partial charge in [-0.2, -0.15) is 0 Å². The third-order valence-corrected chi connectivity index (χ3v) is 6.01. The second-order valence-corrected chi connectivity index (χ2v) is 8.06. The molecule has 5 nitrogen and oxygen atoms in total. The van der Waals surface area contributed by atoms with Gasteiger partial charge in [-0.3, -0.25) is 4.99 Å². The van der Waals surface area contributed by atoms with Gasteiger partial charge < -0.3 is 15.7 Å². The van der Waals surface area contributed by atoms with Crippen LogP contribution in [-0.2, 0) is 12.8 Å². The Morgan fingerprint density at radius 3 is 2.84 bits per heavy atom. The fourth-order valence-corrected chi connectivity index (χ4v) is 3.94. The average molecular weight is 480 g/mol. The molecule has 1 aliphatic carbocycles. The van der Waals surface area contributed by atoms with E-state index in [0.29, 0.717) is 6.54 Å².